The molecule has 0 aromatic heterocycles. The fraction of sp³-hybridized carbons (Fsp3) is 0.600. The Hall–Kier alpha value is -2.28. The number of anilines is 1. The molecule has 1 atom stereocenters. The molecule has 3 aliphatic rings. The lowest BCUT2D eigenvalue weighted by Crippen LogP contribution is -2.59. The van der Waals surface area contributed by atoms with Gasteiger partial charge in [0.2, 0.25) is 5.91 Å². The number of fused-ring (bicyclic) bond motifs is 2. The second kappa shape index (κ2) is 7.38. The third-order valence-corrected chi connectivity index (χ3v) is 5.52. The Morgan fingerprint density at radius 1 is 1.30 bits per heavy atom. The number of ether oxygens (including phenoxy) is 1. The van der Waals surface area contributed by atoms with Crippen molar-refractivity contribution in [3.05, 3.63) is 23.8 Å². The first-order valence-corrected chi connectivity index (χ1v) is 9.85. The van der Waals surface area contributed by atoms with E-state index in [1.54, 1.807) is 0 Å². The SMILES string of the molecule is CC(C)c1ccc2c(c1)NC(=O)CN1CCN(C(=O)NC3CC3)C[C@H]1CO2. The van der Waals surface area contributed by atoms with Crippen molar-refractivity contribution in [3.63, 3.8) is 0 Å². The van der Waals surface area contributed by atoms with Gasteiger partial charge < -0.3 is 20.3 Å². The summed E-state index contributed by atoms with van der Waals surface area (Å²) in [6.07, 6.45) is 2.15. The van der Waals surface area contributed by atoms with Gasteiger partial charge in [0.05, 0.1) is 18.3 Å². The van der Waals surface area contributed by atoms with Crippen LogP contribution in [0, 0.1) is 0 Å². The Morgan fingerprint density at radius 3 is 2.85 bits per heavy atom. The second-order valence-corrected chi connectivity index (χ2v) is 8.06. The monoisotopic (exact) mass is 372 g/mol. The van der Waals surface area contributed by atoms with Gasteiger partial charge in [0.15, 0.2) is 0 Å². The number of nitrogens with zero attached hydrogens (tertiary/aromatic N) is 2. The van der Waals surface area contributed by atoms with Gasteiger partial charge in [-0.2, -0.15) is 0 Å². The van der Waals surface area contributed by atoms with E-state index in [1.807, 2.05) is 23.1 Å². The molecule has 0 bridgehead atoms. The molecule has 2 N–H and O–H groups in total. The number of carbonyl (C=O) groups excluding carboxylic acids is 2. The standard InChI is InChI=1S/C20H28N4O3/c1-13(2)14-3-6-18-17(9-14)22-19(25)11-23-7-8-24(10-16(23)12-27-18)20(26)21-15-4-5-15/h3,6,9,13,15-16H,4-5,7-8,10-12H2,1-2H3,(H,21,26)(H,22,25)/t16-/m0/s1. The van der Waals surface area contributed by atoms with Crippen LogP contribution in [0.4, 0.5) is 10.5 Å². The van der Waals surface area contributed by atoms with E-state index in [0.717, 1.165) is 24.1 Å². The number of nitrogens with one attached hydrogen (secondary N) is 2. The molecule has 2 fully saturated rings. The molecule has 1 aromatic rings. The molecule has 1 saturated carbocycles. The average Bonchev–Trinajstić information content (AvgIpc) is 3.44. The van der Waals surface area contributed by atoms with Crippen molar-refractivity contribution in [2.45, 2.75) is 44.7 Å². The van der Waals surface area contributed by atoms with Crippen LogP contribution in [0.1, 0.15) is 38.2 Å². The van der Waals surface area contributed by atoms with Gasteiger partial charge in [-0.25, -0.2) is 4.79 Å². The molecular weight excluding hydrogens is 344 g/mol. The van der Waals surface area contributed by atoms with E-state index in [9.17, 15) is 9.59 Å². The van der Waals surface area contributed by atoms with Crippen LogP contribution in [-0.4, -0.2) is 66.6 Å². The van der Waals surface area contributed by atoms with Crippen molar-refractivity contribution < 1.29 is 14.3 Å². The molecule has 7 heteroatoms. The summed E-state index contributed by atoms with van der Waals surface area (Å²) in [4.78, 5) is 28.9. The van der Waals surface area contributed by atoms with Crippen molar-refractivity contribution in [1.82, 2.24) is 15.1 Å². The molecule has 0 radical (unpaired) electrons. The maximum Gasteiger partial charge on any atom is 0.317 e. The summed E-state index contributed by atoms with van der Waals surface area (Å²) in [5.74, 6) is 1.03. The first-order valence-electron chi connectivity index (χ1n) is 9.85. The Balaban J connectivity index is 1.49. The Labute approximate surface area is 160 Å². The Bertz CT molecular complexity index is 732. The Kier molecular flexibility index (Phi) is 4.95. The number of amides is 3. The van der Waals surface area contributed by atoms with Gasteiger partial charge in [-0.3, -0.25) is 9.69 Å². The zero-order valence-electron chi connectivity index (χ0n) is 16.0. The first kappa shape index (κ1) is 18.1. The van der Waals surface area contributed by atoms with Crippen molar-refractivity contribution in [1.29, 1.82) is 0 Å². The third kappa shape index (κ3) is 4.18. The topological polar surface area (TPSA) is 73.9 Å². The van der Waals surface area contributed by atoms with Crippen LogP contribution in [0.25, 0.3) is 0 Å². The molecule has 2 aliphatic heterocycles. The lowest BCUT2D eigenvalue weighted by Gasteiger charge is -2.40. The maximum absolute atomic E-state index is 12.6. The molecule has 1 aliphatic carbocycles. The number of hydrogen-bond acceptors (Lipinski definition) is 4. The molecule has 3 amide bonds. The van der Waals surface area contributed by atoms with Crippen LogP contribution in [-0.2, 0) is 4.79 Å². The molecule has 2 heterocycles. The van der Waals surface area contributed by atoms with Crippen molar-refractivity contribution in [2.24, 2.45) is 0 Å². The molecule has 7 nitrogen and oxygen atoms in total. The number of benzene rings is 1. The maximum atomic E-state index is 12.6. The summed E-state index contributed by atoms with van der Waals surface area (Å²) in [5.41, 5.74) is 1.90. The number of piperazine rings is 1. The molecule has 4 rings (SSSR count). The van der Waals surface area contributed by atoms with Gasteiger partial charge in [0.25, 0.3) is 0 Å². The predicted octanol–water partition coefficient (Wildman–Crippen LogP) is 2.00. The van der Waals surface area contributed by atoms with Crippen molar-refractivity contribution in [2.75, 3.05) is 38.1 Å². The average molecular weight is 372 g/mol. The van der Waals surface area contributed by atoms with E-state index in [-0.39, 0.29) is 18.0 Å². The highest BCUT2D eigenvalue weighted by atomic mass is 16.5. The smallest absolute Gasteiger partial charge is 0.317 e. The normalized spacial score (nSPS) is 23.3. The summed E-state index contributed by atoms with van der Waals surface area (Å²) >= 11 is 0. The van der Waals surface area contributed by atoms with Crippen LogP contribution in [0.15, 0.2) is 18.2 Å². The van der Waals surface area contributed by atoms with Gasteiger partial charge in [0, 0.05) is 25.7 Å². The summed E-state index contributed by atoms with van der Waals surface area (Å²) in [7, 11) is 0. The van der Waals surface area contributed by atoms with Gasteiger partial charge in [0.1, 0.15) is 12.4 Å². The number of urea groups is 1. The van der Waals surface area contributed by atoms with Gasteiger partial charge in [-0.1, -0.05) is 19.9 Å². The minimum Gasteiger partial charge on any atom is -0.490 e. The molecule has 1 aromatic carbocycles. The van der Waals surface area contributed by atoms with Gasteiger partial charge in [-0.05, 0) is 36.5 Å². The second-order valence-electron chi connectivity index (χ2n) is 8.06. The van der Waals surface area contributed by atoms with E-state index < -0.39 is 0 Å². The molecule has 0 unspecified atom stereocenters. The van der Waals surface area contributed by atoms with Crippen LogP contribution in [0.2, 0.25) is 0 Å². The van der Waals surface area contributed by atoms with Gasteiger partial charge >= 0.3 is 6.03 Å². The van der Waals surface area contributed by atoms with E-state index in [1.165, 1.54) is 0 Å². The van der Waals surface area contributed by atoms with E-state index >= 15 is 0 Å². The highest BCUT2D eigenvalue weighted by Crippen LogP contribution is 2.30. The van der Waals surface area contributed by atoms with Crippen molar-refractivity contribution >= 4 is 17.6 Å². The summed E-state index contributed by atoms with van der Waals surface area (Å²) < 4.78 is 6.07. The zero-order chi connectivity index (χ0) is 19.0. The highest BCUT2D eigenvalue weighted by molar-refractivity contribution is 5.94. The highest BCUT2D eigenvalue weighted by Gasteiger charge is 2.34. The minimum atomic E-state index is -0.0384. The molecule has 27 heavy (non-hydrogen) atoms. The lowest BCUT2D eigenvalue weighted by molar-refractivity contribution is -0.118. The summed E-state index contributed by atoms with van der Waals surface area (Å²) in [6, 6.07) is 6.33. The predicted molar refractivity (Wildman–Crippen MR) is 103 cm³/mol. The van der Waals surface area contributed by atoms with Crippen LogP contribution < -0.4 is 15.4 Å². The molecule has 146 valence electrons. The van der Waals surface area contributed by atoms with E-state index in [4.69, 9.17) is 4.74 Å². The van der Waals surface area contributed by atoms with Gasteiger partial charge in [-0.15, -0.1) is 0 Å². The minimum absolute atomic E-state index is 0.00319. The fourth-order valence-electron chi connectivity index (χ4n) is 3.63. The third-order valence-electron chi connectivity index (χ3n) is 5.52. The number of carbonyl (C=O) groups is 2. The molecule has 1 saturated heterocycles. The van der Waals surface area contributed by atoms with Crippen LogP contribution in [0.5, 0.6) is 5.75 Å². The fourth-order valence-corrected chi connectivity index (χ4v) is 3.63. The number of rotatable bonds is 2. The van der Waals surface area contributed by atoms with Crippen molar-refractivity contribution in [3.8, 4) is 5.75 Å². The van der Waals surface area contributed by atoms with E-state index in [0.29, 0.717) is 50.5 Å². The Morgan fingerprint density at radius 2 is 2.11 bits per heavy atom. The van der Waals surface area contributed by atoms with E-state index in [2.05, 4.69) is 29.4 Å². The molecular formula is C20H28N4O3. The first-order chi connectivity index (χ1) is 13.0. The largest absolute Gasteiger partial charge is 0.490 e. The quantitative estimate of drug-likeness (QED) is 0.833. The zero-order valence-corrected chi connectivity index (χ0v) is 16.0. The summed E-state index contributed by atoms with van der Waals surface area (Å²) in [5, 5.41) is 6.05. The van der Waals surface area contributed by atoms with Crippen LogP contribution >= 0.6 is 0 Å². The van der Waals surface area contributed by atoms with Crippen LogP contribution in [0.3, 0.4) is 0 Å². The summed E-state index contributed by atoms with van der Waals surface area (Å²) in [6.45, 7) is 6.90. The molecule has 0 spiro atoms. The number of hydrogen-bond donors (Lipinski definition) is 2. The lowest BCUT2D eigenvalue weighted by atomic mass is 10.0.